The first-order valence-electron chi connectivity index (χ1n) is 11.0. The molecule has 0 spiro atoms. The molecule has 174 valence electrons. The zero-order valence-electron chi connectivity index (χ0n) is 19.3. The van der Waals surface area contributed by atoms with Gasteiger partial charge in [-0.1, -0.05) is 49.0 Å². The lowest BCUT2D eigenvalue weighted by atomic mass is 10.2. The van der Waals surface area contributed by atoms with E-state index in [0.29, 0.717) is 42.1 Å². The smallest absolute Gasteiger partial charge is 0.237 e. The van der Waals surface area contributed by atoms with E-state index < -0.39 is 0 Å². The van der Waals surface area contributed by atoms with E-state index in [1.807, 2.05) is 73.9 Å². The third kappa shape index (κ3) is 6.61. The van der Waals surface area contributed by atoms with Crippen molar-refractivity contribution in [2.24, 2.45) is 0 Å². The Labute approximate surface area is 199 Å². The standard InChI is InChI=1S/C25H30N4O3S/c1-5-15-29-23(17-32-20-14-13-18(4)16-21(20)31-7-3)27-28-25(29)33-22(6-2)24(30)26-19-11-9-8-10-12-19/h5,8-14,16,22H,1,6-7,15,17H2,2-4H3,(H,26,30). The van der Waals surface area contributed by atoms with Gasteiger partial charge in [0, 0.05) is 12.2 Å². The van der Waals surface area contributed by atoms with Gasteiger partial charge in [0.25, 0.3) is 0 Å². The zero-order chi connectivity index (χ0) is 23.6. The van der Waals surface area contributed by atoms with Crippen LogP contribution in [0.5, 0.6) is 11.5 Å². The average molecular weight is 467 g/mol. The van der Waals surface area contributed by atoms with Crippen molar-refractivity contribution in [2.75, 3.05) is 11.9 Å². The van der Waals surface area contributed by atoms with Gasteiger partial charge in [0.15, 0.2) is 22.5 Å². The predicted octanol–water partition coefficient (Wildman–Crippen LogP) is 5.26. The Morgan fingerprint density at radius 3 is 2.64 bits per heavy atom. The fraction of sp³-hybridized carbons (Fsp3) is 0.320. The molecule has 1 unspecified atom stereocenters. The summed E-state index contributed by atoms with van der Waals surface area (Å²) >= 11 is 1.39. The highest BCUT2D eigenvalue weighted by molar-refractivity contribution is 8.00. The predicted molar refractivity (Wildman–Crippen MR) is 132 cm³/mol. The maximum absolute atomic E-state index is 12.8. The van der Waals surface area contributed by atoms with Crippen molar-refractivity contribution in [1.29, 1.82) is 0 Å². The molecule has 3 rings (SSSR count). The number of rotatable bonds is 12. The summed E-state index contributed by atoms with van der Waals surface area (Å²) < 4.78 is 13.6. The van der Waals surface area contributed by atoms with Crippen LogP contribution in [-0.2, 0) is 17.9 Å². The van der Waals surface area contributed by atoms with Gasteiger partial charge >= 0.3 is 0 Å². The second kappa shape index (κ2) is 12.1. The van der Waals surface area contributed by atoms with E-state index in [0.717, 1.165) is 11.3 Å². The highest BCUT2D eigenvalue weighted by atomic mass is 32.2. The van der Waals surface area contributed by atoms with Gasteiger partial charge in [-0.2, -0.15) is 0 Å². The first-order chi connectivity index (χ1) is 16.0. The Bertz CT molecular complexity index is 1070. The van der Waals surface area contributed by atoms with Crippen LogP contribution in [0.1, 0.15) is 31.7 Å². The minimum absolute atomic E-state index is 0.0688. The number of nitrogens with zero attached hydrogens (tertiary/aromatic N) is 3. The number of allylic oxidation sites excluding steroid dienone is 1. The van der Waals surface area contributed by atoms with Crippen LogP contribution in [-0.4, -0.2) is 32.5 Å². The maximum atomic E-state index is 12.8. The molecule has 1 atom stereocenters. The molecule has 1 heterocycles. The lowest BCUT2D eigenvalue weighted by Gasteiger charge is -2.16. The Hall–Kier alpha value is -3.26. The number of thioether (sulfide) groups is 1. The molecule has 1 amide bonds. The van der Waals surface area contributed by atoms with Crippen LogP contribution >= 0.6 is 11.8 Å². The Balaban J connectivity index is 1.73. The van der Waals surface area contributed by atoms with Crippen molar-refractivity contribution < 1.29 is 14.3 Å². The SMILES string of the molecule is C=CCn1c(COc2ccc(C)cc2OCC)nnc1SC(CC)C(=O)Nc1ccccc1. The first kappa shape index (κ1) is 24.4. The number of carbonyl (C=O) groups is 1. The van der Waals surface area contributed by atoms with Gasteiger partial charge < -0.3 is 14.8 Å². The van der Waals surface area contributed by atoms with Crippen LogP contribution in [0.25, 0.3) is 0 Å². The molecular formula is C25H30N4O3S. The lowest BCUT2D eigenvalue weighted by molar-refractivity contribution is -0.115. The first-order valence-corrected chi connectivity index (χ1v) is 11.8. The quantitative estimate of drug-likeness (QED) is 0.290. The van der Waals surface area contributed by atoms with Crippen molar-refractivity contribution in [3.8, 4) is 11.5 Å². The van der Waals surface area contributed by atoms with Crippen LogP contribution in [0.15, 0.2) is 66.3 Å². The molecule has 8 heteroatoms. The van der Waals surface area contributed by atoms with Crippen LogP contribution in [0.2, 0.25) is 0 Å². The number of anilines is 1. The molecule has 0 aliphatic rings. The van der Waals surface area contributed by atoms with Gasteiger partial charge in [-0.3, -0.25) is 9.36 Å². The molecule has 0 aliphatic carbocycles. The van der Waals surface area contributed by atoms with E-state index in [4.69, 9.17) is 9.47 Å². The Morgan fingerprint density at radius 1 is 1.15 bits per heavy atom. The highest BCUT2D eigenvalue weighted by Gasteiger charge is 2.23. The lowest BCUT2D eigenvalue weighted by Crippen LogP contribution is -2.25. The number of hydrogen-bond acceptors (Lipinski definition) is 6. The molecule has 7 nitrogen and oxygen atoms in total. The van der Waals surface area contributed by atoms with Gasteiger partial charge in [-0.15, -0.1) is 16.8 Å². The third-order valence-electron chi connectivity index (χ3n) is 4.81. The van der Waals surface area contributed by atoms with E-state index in [1.165, 1.54) is 11.8 Å². The van der Waals surface area contributed by atoms with E-state index in [-0.39, 0.29) is 17.8 Å². The minimum Gasteiger partial charge on any atom is -0.490 e. The zero-order valence-corrected chi connectivity index (χ0v) is 20.1. The minimum atomic E-state index is -0.312. The second-order valence-corrected chi connectivity index (χ2v) is 8.51. The fourth-order valence-electron chi connectivity index (χ4n) is 3.16. The molecule has 0 saturated heterocycles. The topological polar surface area (TPSA) is 78.3 Å². The second-order valence-electron chi connectivity index (χ2n) is 7.34. The van der Waals surface area contributed by atoms with E-state index >= 15 is 0 Å². The number of nitrogens with one attached hydrogen (secondary N) is 1. The highest BCUT2D eigenvalue weighted by Crippen LogP contribution is 2.30. The summed E-state index contributed by atoms with van der Waals surface area (Å²) in [5.41, 5.74) is 1.87. The Kier molecular flexibility index (Phi) is 8.95. The van der Waals surface area contributed by atoms with Gasteiger partial charge in [-0.05, 0) is 50.1 Å². The summed E-state index contributed by atoms with van der Waals surface area (Å²) in [4.78, 5) is 12.8. The number of amides is 1. The van der Waals surface area contributed by atoms with E-state index in [9.17, 15) is 4.79 Å². The van der Waals surface area contributed by atoms with Crippen molar-refractivity contribution in [2.45, 2.75) is 50.8 Å². The van der Waals surface area contributed by atoms with Gasteiger partial charge in [0.05, 0.1) is 11.9 Å². The number of aryl methyl sites for hydroxylation is 1. The van der Waals surface area contributed by atoms with Crippen LogP contribution in [0.3, 0.4) is 0 Å². The number of hydrogen-bond donors (Lipinski definition) is 1. The van der Waals surface area contributed by atoms with Crippen LogP contribution < -0.4 is 14.8 Å². The summed E-state index contributed by atoms with van der Waals surface area (Å²) in [5.74, 6) is 1.93. The molecule has 0 fully saturated rings. The molecule has 2 aromatic carbocycles. The largest absolute Gasteiger partial charge is 0.490 e. The molecule has 3 aromatic rings. The summed E-state index contributed by atoms with van der Waals surface area (Å²) in [6.07, 6.45) is 2.43. The maximum Gasteiger partial charge on any atom is 0.237 e. The number of carbonyl (C=O) groups excluding carboxylic acids is 1. The summed E-state index contributed by atoms with van der Waals surface area (Å²) in [6.45, 7) is 11.1. The van der Waals surface area contributed by atoms with Crippen LogP contribution in [0.4, 0.5) is 5.69 Å². The van der Waals surface area contributed by atoms with Crippen molar-refractivity contribution in [3.63, 3.8) is 0 Å². The van der Waals surface area contributed by atoms with Crippen molar-refractivity contribution in [1.82, 2.24) is 14.8 Å². The molecule has 0 aliphatic heterocycles. The molecule has 0 bridgehead atoms. The number of benzene rings is 2. The fourth-order valence-corrected chi connectivity index (χ4v) is 4.15. The third-order valence-corrected chi connectivity index (χ3v) is 6.16. The van der Waals surface area contributed by atoms with Crippen molar-refractivity contribution in [3.05, 3.63) is 72.6 Å². The molecule has 33 heavy (non-hydrogen) atoms. The number of ether oxygens (including phenoxy) is 2. The molecule has 0 saturated carbocycles. The Morgan fingerprint density at radius 2 is 1.94 bits per heavy atom. The van der Waals surface area contributed by atoms with Gasteiger partial charge in [0.1, 0.15) is 6.61 Å². The van der Waals surface area contributed by atoms with Crippen LogP contribution in [0, 0.1) is 6.92 Å². The summed E-state index contributed by atoms with van der Waals surface area (Å²) in [6, 6.07) is 15.3. The number of aromatic nitrogens is 3. The normalized spacial score (nSPS) is 11.6. The van der Waals surface area contributed by atoms with E-state index in [2.05, 4.69) is 22.1 Å². The van der Waals surface area contributed by atoms with Gasteiger partial charge in [0.2, 0.25) is 5.91 Å². The molecule has 1 N–H and O–H groups in total. The van der Waals surface area contributed by atoms with E-state index in [1.54, 1.807) is 6.08 Å². The van der Waals surface area contributed by atoms with Crippen molar-refractivity contribution >= 4 is 23.4 Å². The molecular weight excluding hydrogens is 436 g/mol. The molecule has 0 radical (unpaired) electrons. The number of para-hydroxylation sites is 1. The average Bonchev–Trinajstić information content (AvgIpc) is 3.19. The summed E-state index contributed by atoms with van der Waals surface area (Å²) in [7, 11) is 0. The summed E-state index contributed by atoms with van der Waals surface area (Å²) in [5, 5.41) is 12.0. The monoisotopic (exact) mass is 466 g/mol. The van der Waals surface area contributed by atoms with Gasteiger partial charge in [-0.25, -0.2) is 0 Å². The molecule has 1 aromatic heterocycles.